The lowest BCUT2D eigenvalue weighted by Crippen LogP contribution is -2.25. The number of hydrogen-bond acceptors (Lipinski definition) is 5. The first-order chi connectivity index (χ1) is 14.6. The summed E-state index contributed by atoms with van der Waals surface area (Å²) in [5, 5.41) is 18.7. The molecule has 2 heterocycles. The van der Waals surface area contributed by atoms with Gasteiger partial charge in [-0.2, -0.15) is 5.10 Å². The van der Waals surface area contributed by atoms with Crippen molar-refractivity contribution in [2.75, 3.05) is 13.2 Å². The Morgan fingerprint density at radius 3 is 2.87 bits per heavy atom. The number of ether oxygens (including phenoxy) is 1. The van der Waals surface area contributed by atoms with E-state index < -0.39 is 0 Å². The number of carbonyl (C=O) groups is 1. The Hall–Kier alpha value is -3.06. The first-order valence-electron chi connectivity index (χ1n) is 10.5. The number of nitrogens with one attached hydrogen (secondary N) is 1. The second kappa shape index (κ2) is 8.75. The quantitative estimate of drug-likeness (QED) is 0.495. The summed E-state index contributed by atoms with van der Waals surface area (Å²) < 4.78 is 5.72. The van der Waals surface area contributed by atoms with Crippen LogP contribution >= 0.6 is 0 Å². The molecule has 0 aliphatic carbocycles. The number of aryl methyl sites for hydroxylation is 1. The van der Waals surface area contributed by atoms with Gasteiger partial charge in [0.1, 0.15) is 11.5 Å². The van der Waals surface area contributed by atoms with Gasteiger partial charge in [0.25, 0.3) is 5.91 Å². The minimum atomic E-state index is -0.182. The van der Waals surface area contributed by atoms with E-state index in [1.807, 2.05) is 18.2 Å². The lowest BCUT2D eigenvalue weighted by Gasteiger charge is -2.16. The number of nitrogens with two attached hydrogens (primary N) is 1. The zero-order valence-electron chi connectivity index (χ0n) is 17.3. The van der Waals surface area contributed by atoms with Gasteiger partial charge in [0.15, 0.2) is 0 Å². The SMILES string of the molecule is CCCCc1n[nH]c2cc(O)c(C(=O)N3Cc4ccc(OCCCN)cc4C3)cc12. The van der Waals surface area contributed by atoms with Gasteiger partial charge >= 0.3 is 0 Å². The Bertz CT molecular complexity index is 1060. The van der Waals surface area contributed by atoms with Crippen LogP contribution in [0.25, 0.3) is 10.9 Å². The molecular formula is C23H28N4O3. The summed E-state index contributed by atoms with van der Waals surface area (Å²) in [5.74, 6) is 0.582. The van der Waals surface area contributed by atoms with Crippen LogP contribution in [0.3, 0.4) is 0 Å². The maximum absolute atomic E-state index is 13.2. The highest BCUT2D eigenvalue weighted by molar-refractivity contribution is 6.01. The molecule has 0 radical (unpaired) electrons. The van der Waals surface area contributed by atoms with Crippen molar-refractivity contribution in [1.82, 2.24) is 15.1 Å². The van der Waals surface area contributed by atoms with E-state index in [4.69, 9.17) is 10.5 Å². The minimum absolute atomic E-state index is 0.0278. The summed E-state index contributed by atoms with van der Waals surface area (Å²) in [4.78, 5) is 15.0. The zero-order valence-corrected chi connectivity index (χ0v) is 17.3. The third-order valence-electron chi connectivity index (χ3n) is 5.56. The number of hydrogen-bond donors (Lipinski definition) is 3. The van der Waals surface area contributed by atoms with Crippen LogP contribution in [0.15, 0.2) is 30.3 Å². The van der Waals surface area contributed by atoms with Crippen LogP contribution in [0, 0.1) is 0 Å². The molecule has 7 nitrogen and oxygen atoms in total. The number of benzene rings is 2. The molecular weight excluding hydrogens is 380 g/mol. The number of fused-ring (bicyclic) bond motifs is 2. The van der Waals surface area contributed by atoms with E-state index in [1.165, 1.54) is 0 Å². The Morgan fingerprint density at radius 1 is 1.23 bits per heavy atom. The van der Waals surface area contributed by atoms with Crippen molar-refractivity contribution in [2.24, 2.45) is 5.73 Å². The lowest BCUT2D eigenvalue weighted by atomic mass is 10.1. The molecule has 158 valence electrons. The van der Waals surface area contributed by atoms with Gasteiger partial charge in [-0.25, -0.2) is 0 Å². The number of unbranched alkanes of at least 4 members (excludes halogenated alkanes) is 1. The fraction of sp³-hybridized carbons (Fsp3) is 0.391. The second-order valence-electron chi connectivity index (χ2n) is 7.77. The van der Waals surface area contributed by atoms with Crippen LogP contribution < -0.4 is 10.5 Å². The van der Waals surface area contributed by atoms with E-state index in [2.05, 4.69) is 17.1 Å². The zero-order chi connectivity index (χ0) is 21.1. The number of carbonyl (C=O) groups excluding carboxylic acids is 1. The number of phenols is 1. The van der Waals surface area contributed by atoms with Gasteiger partial charge in [0, 0.05) is 24.5 Å². The smallest absolute Gasteiger partial charge is 0.258 e. The summed E-state index contributed by atoms with van der Waals surface area (Å²) in [7, 11) is 0. The average molecular weight is 409 g/mol. The standard InChI is InChI=1S/C23H28N4O3/c1-2-3-5-20-18-11-19(22(28)12-21(18)26-25-20)23(29)27-13-15-6-7-17(10-16(15)14-27)30-9-4-8-24/h6-7,10-12,28H,2-5,8-9,13-14,24H2,1H3,(H,25,26). The molecule has 0 atom stereocenters. The molecule has 4 N–H and O–H groups in total. The highest BCUT2D eigenvalue weighted by atomic mass is 16.5. The number of amides is 1. The number of aromatic nitrogens is 2. The van der Waals surface area contributed by atoms with E-state index in [1.54, 1.807) is 17.0 Å². The van der Waals surface area contributed by atoms with Gasteiger partial charge in [-0.05, 0) is 55.1 Å². The molecule has 1 aliphatic heterocycles. The van der Waals surface area contributed by atoms with Crippen molar-refractivity contribution in [2.45, 2.75) is 45.7 Å². The molecule has 0 spiro atoms. The molecule has 1 aromatic heterocycles. The van der Waals surface area contributed by atoms with Crippen molar-refractivity contribution in [3.05, 3.63) is 52.7 Å². The van der Waals surface area contributed by atoms with Gasteiger partial charge in [0.2, 0.25) is 0 Å². The monoisotopic (exact) mass is 408 g/mol. The second-order valence-corrected chi connectivity index (χ2v) is 7.77. The van der Waals surface area contributed by atoms with E-state index in [0.29, 0.717) is 31.8 Å². The van der Waals surface area contributed by atoms with Crippen molar-refractivity contribution in [3.8, 4) is 11.5 Å². The minimum Gasteiger partial charge on any atom is -0.507 e. The van der Waals surface area contributed by atoms with Gasteiger partial charge in [-0.15, -0.1) is 0 Å². The summed E-state index contributed by atoms with van der Waals surface area (Å²) in [5.41, 5.74) is 9.68. The highest BCUT2D eigenvalue weighted by Gasteiger charge is 2.27. The molecule has 4 rings (SSSR count). The first kappa shape index (κ1) is 20.2. The number of rotatable bonds is 8. The van der Waals surface area contributed by atoms with Crippen molar-refractivity contribution >= 4 is 16.8 Å². The molecule has 0 saturated carbocycles. The molecule has 1 aliphatic rings. The number of aromatic hydroxyl groups is 1. The summed E-state index contributed by atoms with van der Waals surface area (Å²) >= 11 is 0. The van der Waals surface area contributed by atoms with Gasteiger partial charge in [0.05, 0.1) is 23.4 Å². The third kappa shape index (κ3) is 3.98. The van der Waals surface area contributed by atoms with Crippen molar-refractivity contribution in [3.63, 3.8) is 0 Å². The molecule has 2 aromatic carbocycles. The molecule has 1 amide bonds. The Morgan fingerprint density at radius 2 is 2.07 bits per heavy atom. The van der Waals surface area contributed by atoms with Gasteiger partial charge < -0.3 is 20.5 Å². The fourth-order valence-corrected chi connectivity index (χ4v) is 3.86. The third-order valence-corrected chi connectivity index (χ3v) is 5.56. The van der Waals surface area contributed by atoms with Crippen molar-refractivity contribution in [1.29, 1.82) is 0 Å². The van der Waals surface area contributed by atoms with Crippen LogP contribution in [0.1, 0.15) is 53.4 Å². The molecule has 7 heteroatoms. The summed E-state index contributed by atoms with van der Waals surface area (Å²) in [6.07, 6.45) is 3.75. The van der Waals surface area contributed by atoms with E-state index >= 15 is 0 Å². The highest BCUT2D eigenvalue weighted by Crippen LogP contribution is 2.32. The van der Waals surface area contributed by atoms with Gasteiger partial charge in [-0.3, -0.25) is 9.89 Å². The van der Waals surface area contributed by atoms with Crippen LogP contribution in [0.2, 0.25) is 0 Å². The maximum atomic E-state index is 13.2. The molecule has 0 saturated heterocycles. The van der Waals surface area contributed by atoms with Crippen molar-refractivity contribution < 1.29 is 14.6 Å². The fourth-order valence-electron chi connectivity index (χ4n) is 3.86. The molecule has 0 fully saturated rings. The average Bonchev–Trinajstić information content (AvgIpc) is 3.34. The number of H-pyrrole nitrogens is 1. The van der Waals surface area contributed by atoms with Gasteiger partial charge in [-0.1, -0.05) is 19.4 Å². The Kier molecular flexibility index (Phi) is 5.90. The molecule has 3 aromatic rings. The lowest BCUT2D eigenvalue weighted by molar-refractivity contribution is 0.0748. The van der Waals surface area contributed by atoms with Crippen LogP contribution in [0.5, 0.6) is 11.5 Å². The number of phenolic OH excluding ortho intramolecular Hbond substituents is 1. The summed E-state index contributed by atoms with van der Waals surface area (Å²) in [6, 6.07) is 9.28. The maximum Gasteiger partial charge on any atom is 0.258 e. The molecule has 0 unspecified atom stereocenters. The predicted molar refractivity (Wildman–Crippen MR) is 116 cm³/mol. The van der Waals surface area contributed by atoms with E-state index in [-0.39, 0.29) is 11.7 Å². The normalized spacial score (nSPS) is 13.1. The Balaban J connectivity index is 1.54. The van der Waals surface area contributed by atoms with Crippen LogP contribution in [-0.2, 0) is 19.5 Å². The predicted octanol–water partition coefficient (Wildman–Crippen LogP) is 3.49. The van der Waals surface area contributed by atoms with E-state index in [0.717, 1.165) is 59.2 Å². The first-order valence-corrected chi connectivity index (χ1v) is 10.5. The Labute approximate surface area is 175 Å². The number of nitrogens with zero attached hydrogens (tertiary/aromatic N) is 2. The number of aromatic amines is 1. The summed E-state index contributed by atoms with van der Waals surface area (Å²) in [6.45, 7) is 4.32. The van der Waals surface area contributed by atoms with Crippen LogP contribution in [-0.4, -0.2) is 39.3 Å². The largest absolute Gasteiger partial charge is 0.507 e. The molecule has 30 heavy (non-hydrogen) atoms. The van der Waals surface area contributed by atoms with E-state index in [9.17, 15) is 9.90 Å². The topological polar surface area (TPSA) is 104 Å². The van der Waals surface area contributed by atoms with Crippen LogP contribution in [0.4, 0.5) is 0 Å². The molecule has 0 bridgehead atoms.